The second kappa shape index (κ2) is 5.59. The number of para-hydroxylation sites is 1. The summed E-state index contributed by atoms with van der Waals surface area (Å²) in [7, 11) is 0. The normalized spacial score (nSPS) is 9.31. The Kier molecular flexibility index (Phi) is 4.14. The number of rotatable bonds is 2. The predicted octanol–water partition coefficient (Wildman–Crippen LogP) is 1.83. The fourth-order valence-corrected chi connectivity index (χ4v) is 1.05. The van der Waals surface area contributed by atoms with Crippen molar-refractivity contribution in [2.45, 2.75) is 6.92 Å². The average Bonchev–Trinajstić information content (AvgIpc) is 2.27. The topological polar surface area (TPSA) is 78.9 Å². The van der Waals surface area contributed by atoms with Crippen LogP contribution in [-0.2, 0) is 4.74 Å². The molecule has 1 aromatic rings. The molecule has 0 saturated carbocycles. The van der Waals surface area contributed by atoms with Gasteiger partial charge >= 0.3 is 12.2 Å². The van der Waals surface area contributed by atoms with Crippen molar-refractivity contribution in [3.63, 3.8) is 0 Å². The van der Waals surface area contributed by atoms with E-state index in [9.17, 15) is 9.59 Å². The molecule has 0 fully saturated rings. The quantitative estimate of drug-likeness (QED) is 0.751. The Morgan fingerprint density at radius 3 is 2.50 bits per heavy atom. The second-order valence-electron chi connectivity index (χ2n) is 2.79. The van der Waals surface area contributed by atoms with Crippen LogP contribution < -0.4 is 10.4 Å². The first-order chi connectivity index (χ1) is 7.65. The van der Waals surface area contributed by atoms with Gasteiger partial charge in [0.1, 0.15) is 0 Å². The van der Waals surface area contributed by atoms with Crippen molar-refractivity contribution in [2.75, 3.05) is 11.6 Å². The van der Waals surface area contributed by atoms with E-state index in [4.69, 9.17) is 5.11 Å². The Hall–Kier alpha value is -2.24. The van der Waals surface area contributed by atoms with Gasteiger partial charge in [-0.25, -0.2) is 15.0 Å². The summed E-state index contributed by atoms with van der Waals surface area (Å²) in [6.45, 7) is 1.81. The summed E-state index contributed by atoms with van der Waals surface area (Å²) in [6, 6.07) is 8.19. The van der Waals surface area contributed by atoms with Crippen molar-refractivity contribution in [1.82, 2.24) is 5.43 Å². The lowest BCUT2D eigenvalue weighted by molar-refractivity contribution is 0.147. The van der Waals surface area contributed by atoms with Gasteiger partial charge in [0.2, 0.25) is 0 Å². The van der Waals surface area contributed by atoms with Gasteiger partial charge in [0, 0.05) is 0 Å². The maximum absolute atomic E-state index is 11.1. The van der Waals surface area contributed by atoms with Crippen LogP contribution in [0.2, 0.25) is 0 Å². The lowest BCUT2D eigenvalue weighted by atomic mass is 10.3. The molecule has 0 aliphatic carbocycles. The van der Waals surface area contributed by atoms with Gasteiger partial charge in [0.05, 0.1) is 12.3 Å². The van der Waals surface area contributed by atoms with Crippen molar-refractivity contribution in [3.05, 3.63) is 30.3 Å². The molecule has 2 N–H and O–H groups in total. The van der Waals surface area contributed by atoms with E-state index in [1.807, 2.05) is 0 Å². The van der Waals surface area contributed by atoms with Crippen LogP contribution in [-0.4, -0.2) is 23.9 Å². The average molecular weight is 224 g/mol. The zero-order chi connectivity index (χ0) is 12.0. The number of ether oxygens (including phenoxy) is 1. The zero-order valence-corrected chi connectivity index (χ0v) is 8.71. The van der Waals surface area contributed by atoms with E-state index in [2.05, 4.69) is 10.2 Å². The van der Waals surface area contributed by atoms with E-state index in [0.29, 0.717) is 10.7 Å². The summed E-state index contributed by atoms with van der Waals surface area (Å²) in [5.41, 5.74) is 2.44. The van der Waals surface area contributed by atoms with Gasteiger partial charge in [-0.15, -0.1) is 0 Å². The number of anilines is 1. The molecule has 2 amide bonds. The SMILES string of the molecule is CCOC(=O)NN(C(=O)O)c1ccccc1. The maximum Gasteiger partial charge on any atom is 0.431 e. The van der Waals surface area contributed by atoms with E-state index in [-0.39, 0.29) is 6.61 Å². The van der Waals surface area contributed by atoms with Gasteiger partial charge in [0.15, 0.2) is 0 Å². The molecule has 0 aliphatic heterocycles. The van der Waals surface area contributed by atoms with E-state index in [1.165, 1.54) is 0 Å². The van der Waals surface area contributed by atoms with Gasteiger partial charge < -0.3 is 9.84 Å². The standard InChI is InChI=1S/C10H12N2O4/c1-2-16-9(13)11-12(10(14)15)8-6-4-3-5-7-8/h3-7H,2H2,1H3,(H,11,13)(H,14,15). The smallest absolute Gasteiger partial charge is 0.431 e. The minimum atomic E-state index is -1.29. The molecule has 0 heterocycles. The third kappa shape index (κ3) is 3.16. The fourth-order valence-electron chi connectivity index (χ4n) is 1.05. The minimum Gasteiger partial charge on any atom is -0.463 e. The molecule has 16 heavy (non-hydrogen) atoms. The summed E-state index contributed by atoms with van der Waals surface area (Å²) >= 11 is 0. The third-order valence-corrected chi connectivity index (χ3v) is 1.68. The molecule has 0 radical (unpaired) electrons. The molecule has 0 saturated heterocycles. The number of hydrazine groups is 1. The molecule has 1 aromatic carbocycles. The van der Waals surface area contributed by atoms with Gasteiger partial charge in [-0.1, -0.05) is 18.2 Å². The number of nitrogens with one attached hydrogen (secondary N) is 1. The minimum absolute atomic E-state index is 0.175. The Bertz CT molecular complexity index is 366. The Labute approximate surface area is 92.4 Å². The number of hydrogen-bond acceptors (Lipinski definition) is 3. The summed E-state index contributed by atoms with van der Waals surface area (Å²) in [6.07, 6.45) is -2.10. The van der Waals surface area contributed by atoms with Crippen molar-refractivity contribution >= 4 is 17.9 Å². The number of benzene rings is 1. The van der Waals surface area contributed by atoms with Crippen LogP contribution in [0.4, 0.5) is 15.3 Å². The monoisotopic (exact) mass is 224 g/mol. The predicted molar refractivity (Wildman–Crippen MR) is 57.1 cm³/mol. The van der Waals surface area contributed by atoms with Gasteiger partial charge in [-0.2, -0.15) is 5.01 Å². The maximum atomic E-state index is 11.1. The molecule has 0 spiro atoms. The number of carbonyl (C=O) groups excluding carboxylic acids is 1. The van der Waals surface area contributed by atoms with Crippen molar-refractivity contribution < 1.29 is 19.4 Å². The lowest BCUT2D eigenvalue weighted by Gasteiger charge is -2.19. The molecule has 6 heteroatoms. The molecule has 6 nitrogen and oxygen atoms in total. The number of amides is 2. The summed E-state index contributed by atoms with van der Waals surface area (Å²) in [5, 5.41) is 9.59. The Morgan fingerprint density at radius 1 is 1.38 bits per heavy atom. The summed E-state index contributed by atoms with van der Waals surface area (Å²) in [5.74, 6) is 0. The van der Waals surface area contributed by atoms with Crippen LogP contribution in [0.5, 0.6) is 0 Å². The molecular formula is C10H12N2O4. The lowest BCUT2D eigenvalue weighted by Crippen LogP contribution is -2.46. The molecule has 0 aromatic heterocycles. The molecule has 0 unspecified atom stereocenters. The van der Waals surface area contributed by atoms with E-state index in [1.54, 1.807) is 37.3 Å². The number of carbonyl (C=O) groups is 2. The van der Waals surface area contributed by atoms with Crippen molar-refractivity contribution in [3.8, 4) is 0 Å². The first-order valence-electron chi connectivity index (χ1n) is 4.66. The highest BCUT2D eigenvalue weighted by Gasteiger charge is 2.17. The molecule has 0 bridgehead atoms. The number of carboxylic acid groups (broad SMARTS) is 1. The summed E-state index contributed by atoms with van der Waals surface area (Å²) in [4.78, 5) is 22.0. The van der Waals surface area contributed by atoms with Crippen LogP contribution in [0.25, 0.3) is 0 Å². The first kappa shape index (κ1) is 11.8. The van der Waals surface area contributed by atoms with Crippen molar-refractivity contribution in [2.24, 2.45) is 0 Å². The second-order valence-corrected chi connectivity index (χ2v) is 2.79. The third-order valence-electron chi connectivity index (χ3n) is 1.68. The van der Waals surface area contributed by atoms with Crippen molar-refractivity contribution in [1.29, 1.82) is 0 Å². The van der Waals surface area contributed by atoms with Crippen LogP contribution in [0.15, 0.2) is 30.3 Å². The highest BCUT2D eigenvalue weighted by molar-refractivity contribution is 5.89. The molecule has 0 aliphatic rings. The largest absolute Gasteiger partial charge is 0.463 e. The fraction of sp³-hybridized carbons (Fsp3) is 0.200. The summed E-state index contributed by atoms with van der Waals surface area (Å²) < 4.78 is 4.59. The van der Waals surface area contributed by atoms with E-state index >= 15 is 0 Å². The van der Waals surface area contributed by atoms with Gasteiger partial charge in [-0.05, 0) is 19.1 Å². The highest BCUT2D eigenvalue weighted by Crippen LogP contribution is 2.10. The van der Waals surface area contributed by atoms with Crippen LogP contribution >= 0.6 is 0 Å². The van der Waals surface area contributed by atoms with E-state index < -0.39 is 12.2 Å². The number of nitrogens with zero attached hydrogens (tertiary/aromatic N) is 1. The van der Waals surface area contributed by atoms with Gasteiger partial charge in [0.25, 0.3) is 0 Å². The highest BCUT2D eigenvalue weighted by atomic mass is 16.6. The molecule has 86 valence electrons. The van der Waals surface area contributed by atoms with Crippen LogP contribution in [0, 0.1) is 0 Å². The number of hydrogen-bond donors (Lipinski definition) is 2. The molecule has 0 atom stereocenters. The first-order valence-corrected chi connectivity index (χ1v) is 4.66. The zero-order valence-electron chi connectivity index (χ0n) is 8.71. The van der Waals surface area contributed by atoms with Gasteiger partial charge in [-0.3, -0.25) is 0 Å². The van der Waals surface area contributed by atoms with Crippen LogP contribution in [0.3, 0.4) is 0 Å². The Morgan fingerprint density at radius 2 is 2.00 bits per heavy atom. The molecule has 1 rings (SSSR count). The van der Waals surface area contributed by atoms with E-state index in [0.717, 1.165) is 0 Å². The molecular weight excluding hydrogens is 212 g/mol. The van der Waals surface area contributed by atoms with Crippen LogP contribution in [0.1, 0.15) is 6.92 Å². The Balaban J connectivity index is 2.77.